The number of hydrogen-bond donors (Lipinski definition) is 1. The number of benzene rings is 2. The Balaban J connectivity index is 2.23. The molecule has 2 aromatic carbocycles. The molecular formula is C14H12ClF2NOS. The maximum absolute atomic E-state index is 14.0. The fourth-order valence-corrected chi connectivity index (χ4v) is 3.30. The van der Waals surface area contributed by atoms with E-state index in [1.165, 1.54) is 42.5 Å². The Morgan fingerprint density at radius 2 is 1.80 bits per heavy atom. The van der Waals surface area contributed by atoms with Crippen molar-refractivity contribution in [2.45, 2.75) is 10.8 Å². The van der Waals surface area contributed by atoms with Crippen LogP contribution < -0.4 is 5.73 Å². The Kier molecular flexibility index (Phi) is 4.40. The first-order valence-corrected chi connectivity index (χ1v) is 7.46. The number of anilines is 1. The molecule has 0 amide bonds. The molecule has 6 heteroatoms. The molecule has 0 saturated carbocycles. The summed E-state index contributed by atoms with van der Waals surface area (Å²) in [5, 5.41) is 0.132. The van der Waals surface area contributed by atoms with Gasteiger partial charge in [-0.3, -0.25) is 4.21 Å². The van der Waals surface area contributed by atoms with Gasteiger partial charge in [0, 0.05) is 11.3 Å². The quantitative estimate of drug-likeness (QED) is 0.872. The van der Waals surface area contributed by atoms with Crippen molar-refractivity contribution in [1.29, 1.82) is 0 Å². The third-order valence-electron chi connectivity index (χ3n) is 2.71. The zero-order valence-corrected chi connectivity index (χ0v) is 11.9. The van der Waals surface area contributed by atoms with Gasteiger partial charge in [0.1, 0.15) is 0 Å². The Morgan fingerprint density at radius 1 is 1.15 bits per heavy atom. The van der Waals surface area contributed by atoms with E-state index in [1.807, 2.05) is 0 Å². The molecule has 106 valence electrons. The van der Waals surface area contributed by atoms with Gasteiger partial charge in [0.25, 0.3) is 5.92 Å². The van der Waals surface area contributed by atoms with Crippen molar-refractivity contribution in [2.75, 3.05) is 11.5 Å². The van der Waals surface area contributed by atoms with Gasteiger partial charge in [-0.15, -0.1) is 0 Å². The van der Waals surface area contributed by atoms with Gasteiger partial charge in [-0.25, -0.2) is 8.78 Å². The summed E-state index contributed by atoms with van der Waals surface area (Å²) in [5.74, 6) is -4.00. The monoisotopic (exact) mass is 315 g/mol. The molecule has 0 heterocycles. The Hall–Kier alpha value is -1.46. The van der Waals surface area contributed by atoms with Gasteiger partial charge in [-0.05, 0) is 18.2 Å². The summed E-state index contributed by atoms with van der Waals surface area (Å²) in [7, 11) is -1.91. The Morgan fingerprint density at radius 3 is 2.40 bits per heavy atom. The Labute approximate surface area is 123 Å². The number of nitrogens with two attached hydrogens (primary N) is 1. The molecule has 1 unspecified atom stereocenters. The van der Waals surface area contributed by atoms with E-state index in [2.05, 4.69) is 0 Å². The molecule has 0 saturated heterocycles. The highest BCUT2D eigenvalue weighted by Crippen LogP contribution is 2.32. The summed E-state index contributed by atoms with van der Waals surface area (Å²) in [6.45, 7) is 0. The molecule has 0 bridgehead atoms. The lowest BCUT2D eigenvalue weighted by Gasteiger charge is -2.16. The predicted molar refractivity (Wildman–Crippen MR) is 77.5 cm³/mol. The Bertz CT molecular complexity index is 634. The number of hydrogen-bond acceptors (Lipinski definition) is 2. The summed E-state index contributed by atoms with van der Waals surface area (Å²) in [4.78, 5) is 0.163. The standard InChI is InChI=1S/C14H12ClF2NOS/c15-12-8-11(18)6-7-13(12)20(19)9-14(16,17)10-4-2-1-3-5-10/h1-8H,9,18H2. The van der Waals surface area contributed by atoms with Crippen LogP contribution in [0.3, 0.4) is 0 Å². The topological polar surface area (TPSA) is 43.1 Å². The van der Waals surface area contributed by atoms with Crippen molar-refractivity contribution in [3.8, 4) is 0 Å². The molecule has 2 aromatic rings. The molecule has 0 aromatic heterocycles. The van der Waals surface area contributed by atoms with Crippen LogP contribution in [0.5, 0.6) is 0 Å². The van der Waals surface area contributed by atoms with Crippen LogP contribution in [0.2, 0.25) is 5.02 Å². The first-order chi connectivity index (χ1) is 9.40. The van der Waals surface area contributed by atoms with Crippen molar-refractivity contribution in [3.05, 3.63) is 59.1 Å². The minimum Gasteiger partial charge on any atom is -0.399 e. The van der Waals surface area contributed by atoms with E-state index in [0.29, 0.717) is 5.69 Å². The molecule has 0 fully saturated rings. The van der Waals surface area contributed by atoms with Crippen molar-refractivity contribution >= 4 is 28.1 Å². The fraction of sp³-hybridized carbons (Fsp3) is 0.143. The van der Waals surface area contributed by atoms with Gasteiger partial charge in [-0.2, -0.15) is 0 Å². The summed E-state index contributed by atoms with van der Waals surface area (Å²) >= 11 is 5.88. The third kappa shape index (κ3) is 3.35. The van der Waals surface area contributed by atoms with Crippen LogP contribution >= 0.6 is 11.6 Å². The van der Waals surface area contributed by atoms with Crippen LogP contribution in [0.25, 0.3) is 0 Å². The fourth-order valence-electron chi connectivity index (χ4n) is 1.71. The lowest BCUT2D eigenvalue weighted by atomic mass is 10.1. The summed E-state index contributed by atoms with van der Waals surface area (Å²) in [6, 6.07) is 11.6. The lowest BCUT2D eigenvalue weighted by Crippen LogP contribution is -2.22. The van der Waals surface area contributed by atoms with Gasteiger partial charge >= 0.3 is 0 Å². The molecule has 2 nitrogen and oxygen atoms in total. The van der Waals surface area contributed by atoms with Crippen molar-refractivity contribution < 1.29 is 13.0 Å². The number of halogens is 3. The minimum absolute atomic E-state index is 0.132. The molecule has 1 atom stereocenters. The zero-order chi connectivity index (χ0) is 14.8. The van der Waals surface area contributed by atoms with Crippen LogP contribution in [0, 0.1) is 0 Å². The highest BCUT2D eigenvalue weighted by Gasteiger charge is 2.34. The van der Waals surface area contributed by atoms with Crippen molar-refractivity contribution in [2.24, 2.45) is 0 Å². The normalized spacial score (nSPS) is 13.2. The largest absolute Gasteiger partial charge is 0.399 e. The van der Waals surface area contributed by atoms with E-state index in [0.717, 1.165) is 0 Å². The van der Waals surface area contributed by atoms with Crippen LogP contribution in [-0.2, 0) is 16.7 Å². The maximum Gasteiger partial charge on any atom is 0.284 e. The lowest BCUT2D eigenvalue weighted by molar-refractivity contribution is 0.0222. The van der Waals surface area contributed by atoms with E-state index < -0.39 is 22.5 Å². The molecule has 0 aliphatic rings. The molecule has 0 aliphatic carbocycles. The zero-order valence-electron chi connectivity index (χ0n) is 10.4. The second kappa shape index (κ2) is 5.89. The second-order valence-electron chi connectivity index (χ2n) is 4.25. The first-order valence-electron chi connectivity index (χ1n) is 5.77. The molecule has 0 aliphatic heterocycles. The van der Waals surface area contributed by atoms with E-state index in [-0.39, 0.29) is 15.5 Å². The van der Waals surface area contributed by atoms with Crippen LogP contribution in [0.1, 0.15) is 5.56 Å². The van der Waals surface area contributed by atoms with Crippen LogP contribution in [0.15, 0.2) is 53.4 Å². The average molecular weight is 316 g/mol. The average Bonchev–Trinajstić information content (AvgIpc) is 2.39. The number of alkyl halides is 2. The third-order valence-corrected chi connectivity index (χ3v) is 4.61. The van der Waals surface area contributed by atoms with E-state index >= 15 is 0 Å². The van der Waals surface area contributed by atoms with Gasteiger partial charge in [0.2, 0.25) is 0 Å². The molecule has 20 heavy (non-hydrogen) atoms. The molecular weight excluding hydrogens is 304 g/mol. The SMILES string of the molecule is Nc1ccc(S(=O)CC(F)(F)c2ccccc2)c(Cl)c1. The van der Waals surface area contributed by atoms with E-state index in [4.69, 9.17) is 17.3 Å². The first kappa shape index (κ1) is 14.9. The van der Waals surface area contributed by atoms with Gasteiger partial charge in [0.15, 0.2) is 0 Å². The van der Waals surface area contributed by atoms with E-state index in [1.54, 1.807) is 6.07 Å². The van der Waals surface area contributed by atoms with Gasteiger partial charge in [0.05, 0.1) is 26.5 Å². The van der Waals surface area contributed by atoms with Crippen molar-refractivity contribution in [1.82, 2.24) is 0 Å². The number of nitrogen functional groups attached to an aromatic ring is 1. The predicted octanol–water partition coefficient (Wildman–Crippen LogP) is 3.82. The molecule has 0 spiro atoms. The van der Waals surface area contributed by atoms with Crippen LogP contribution in [0.4, 0.5) is 14.5 Å². The molecule has 0 radical (unpaired) electrons. The molecule has 2 rings (SSSR count). The summed E-state index contributed by atoms with van der Waals surface area (Å²) in [6.07, 6.45) is 0. The highest BCUT2D eigenvalue weighted by atomic mass is 35.5. The smallest absolute Gasteiger partial charge is 0.284 e. The highest BCUT2D eigenvalue weighted by molar-refractivity contribution is 7.85. The summed E-state index contributed by atoms with van der Waals surface area (Å²) < 4.78 is 40.2. The molecule has 2 N–H and O–H groups in total. The number of rotatable bonds is 4. The van der Waals surface area contributed by atoms with Gasteiger partial charge in [-0.1, -0.05) is 41.9 Å². The van der Waals surface area contributed by atoms with Gasteiger partial charge < -0.3 is 5.73 Å². The van der Waals surface area contributed by atoms with Crippen LogP contribution in [-0.4, -0.2) is 9.96 Å². The van der Waals surface area contributed by atoms with E-state index in [9.17, 15) is 13.0 Å². The van der Waals surface area contributed by atoms with Crippen molar-refractivity contribution in [3.63, 3.8) is 0 Å². The minimum atomic E-state index is -3.18. The second-order valence-corrected chi connectivity index (χ2v) is 6.08. The summed E-state index contributed by atoms with van der Waals surface area (Å²) in [5.41, 5.74) is 5.74. The maximum atomic E-state index is 14.0.